The van der Waals surface area contributed by atoms with Crippen LogP contribution in [0.5, 0.6) is 0 Å². The van der Waals surface area contributed by atoms with E-state index in [0.29, 0.717) is 6.54 Å². The Morgan fingerprint density at radius 2 is 2.17 bits per heavy atom. The van der Waals surface area contributed by atoms with E-state index >= 15 is 0 Å². The number of halogens is 1. The maximum Gasteiger partial charge on any atom is 0.348 e. The molecule has 0 radical (unpaired) electrons. The molecule has 2 aromatic heterocycles. The topological polar surface area (TPSA) is 47.8 Å². The highest BCUT2D eigenvalue weighted by Gasteiger charge is 2.08. The van der Waals surface area contributed by atoms with Crippen LogP contribution < -0.4 is 5.69 Å². The number of aryl methyl sites for hydroxylation is 2. The molecule has 0 saturated carbocycles. The summed E-state index contributed by atoms with van der Waals surface area (Å²) >= 11 is 3.46. The summed E-state index contributed by atoms with van der Waals surface area (Å²) in [6.07, 6.45) is 4.33. The normalized spacial score (nSPS) is 10.6. The quantitative estimate of drug-likeness (QED) is 0.874. The first-order valence-corrected chi connectivity index (χ1v) is 6.51. The van der Waals surface area contributed by atoms with E-state index in [1.54, 1.807) is 10.8 Å². The molecular formula is C13H14BrN3O. The monoisotopic (exact) mass is 307 g/mol. The van der Waals surface area contributed by atoms with E-state index in [1.165, 1.54) is 0 Å². The minimum Gasteiger partial charge on any atom is -0.295 e. The first kappa shape index (κ1) is 13.0. The molecule has 5 heteroatoms. The highest BCUT2D eigenvalue weighted by molar-refractivity contribution is 9.10. The number of nitrogens with zero attached hydrogens (tertiary/aromatic N) is 3. The third-order valence-corrected chi connectivity index (χ3v) is 4.03. The highest BCUT2D eigenvalue weighted by atomic mass is 79.9. The van der Waals surface area contributed by atoms with Crippen LogP contribution in [0.1, 0.15) is 17.0 Å². The van der Waals surface area contributed by atoms with Gasteiger partial charge in [-0.2, -0.15) is 4.98 Å². The van der Waals surface area contributed by atoms with E-state index < -0.39 is 0 Å². The van der Waals surface area contributed by atoms with Crippen LogP contribution in [0, 0.1) is 13.8 Å². The van der Waals surface area contributed by atoms with Crippen LogP contribution in [0.25, 0.3) is 0 Å². The summed E-state index contributed by atoms with van der Waals surface area (Å²) in [5.41, 5.74) is 2.56. The number of hydrogen-bond donors (Lipinski definition) is 0. The summed E-state index contributed by atoms with van der Waals surface area (Å²) in [5.74, 6) is 0. The second-order valence-electron chi connectivity index (χ2n) is 4.14. The lowest BCUT2D eigenvalue weighted by Gasteiger charge is -2.11. The van der Waals surface area contributed by atoms with Gasteiger partial charge in [-0.25, -0.2) is 4.79 Å². The van der Waals surface area contributed by atoms with Crippen molar-refractivity contribution in [3.8, 4) is 0 Å². The molecule has 0 N–H and O–H groups in total. The van der Waals surface area contributed by atoms with Gasteiger partial charge >= 0.3 is 5.69 Å². The van der Waals surface area contributed by atoms with Crippen molar-refractivity contribution in [2.45, 2.75) is 26.8 Å². The number of rotatable bonds is 3. The number of hydrogen-bond acceptors (Lipinski definition) is 3. The molecule has 0 saturated heterocycles. The fourth-order valence-corrected chi connectivity index (χ4v) is 2.13. The Hall–Kier alpha value is -1.49. The Balaban J connectivity index is 2.25. The van der Waals surface area contributed by atoms with Gasteiger partial charge < -0.3 is 0 Å². The Kier molecular flexibility index (Phi) is 3.91. The van der Waals surface area contributed by atoms with Gasteiger partial charge in [-0.1, -0.05) is 6.07 Å². The predicted molar refractivity (Wildman–Crippen MR) is 73.6 cm³/mol. The number of pyridine rings is 1. The van der Waals surface area contributed by atoms with Crippen LogP contribution in [0.3, 0.4) is 0 Å². The second kappa shape index (κ2) is 5.44. The lowest BCUT2D eigenvalue weighted by Crippen LogP contribution is -2.27. The van der Waals surface area contributed by atoms with Crippen molar-refractivity contribution in [3.05, 3.63) is 56.4 Å². The van der Waals surface area contributed by atoms with Gasteiger partial charge in [-0.3, -0.25) is 9.55 Å². The predicted octanol–water partition coefficient (Wildman–Crippen LogP) is 2.26. The summed E-state index contributed by atoms with van der Waals surface area (Å²) in [6.45, 7) is 4.36. The van der Waals surface area contributed by atoms with E-state index in [4.69, 9.17) is 0 Å². The molecule has 94 valence electrons. The van der Waals surface area contributed by atoms with Crippen molar-refractivity contribution >= 4 is 15.9 Å². The minimum atomic E-state index is -0.197. The first-order chi connectivity index (χ1) is 8.59. The van der Waals surface area contributed by atoms with Gasteiger partial charge in [0.05, 0.1) is 10.2 Å². The lowest BCUT2D eigenvalue weighted by atomic mass is 10.2. The van der Waals surface area contributed by atoms with Crippen molar-refractivity contribution in [3.63, 3.8) is 0 Å². The summed E-state index contributed by atoms with van der Waals surface area (Å²) in [7, 11) is 0. The molecule has 0 amide bonds. The third kappa shape index (κ3) is 2.67. The molecule has 0 bridgehead atoms. The molecule has 0 aliphatic carbocycles. The molecule has 0 atom stereocenters. The largest absolute Gasteiger partial charge is 0.348 e. The lowest BCUT2D eigenvalue weighted by molar-refractivity contribution is 0.621. The Morgan fingerprint density at radius 3 is 2.83 bits per heavy atom. The average molecular weight is 308 g/mol. The van der Waals surface area contributed by atoms with Crippen molar-refractivity contribution in [2.75, 3.05) is 0 Å². The molecule has 0 fully saturated rings. The average Bonchev–Trinajstić information content (AvgIpc) is 2.37. The third-order valence-electron chi connectivity index (χ3n) is 2.88. The Labute approximate surface area is 114 Å². The van der Waals surface area contributed by atoms with Crippen molar-refractivity contribution < 1.29 is 0 Å². The van der Waals surface area contributed by atoms with Crippen molar-refractivity contribution in [1.29, 1.82) is 0 Å². The molecule has 0 spiro atoms. The van der Waals surface area contributed by atoms with E-state index in [1.807, 2.05) is 32.2 Å². The van der Waals surface area contributed by atoms with Gasteiger partial charge in [-0.15, -0.1) is 0 Å². The maximum atomic E-state index is 11.8. The SMILES string of the molecule is Cc1nc(=O)n(CCc2cccnc2)c(C)c1Br. The van der Waals surface area contributed by atoms with Gasteiger partial charge in [0.2, 0.25) is 0 Å². The smallest absolute Gasteiger partial charge is 0.295 e. The highest BCUT2D eigenvalue weighted by Crippen LogP contribution is 2.16. The van der Waals surface area contributed by atoms with Gasteiger partial charge in [-0.05, 0) is 47.8 Å². The van der Waals surface area contributed by atoms with Crippen molar-refractivity contribution in [1.82, 2.24) is 14.5 Å². The Bertz CT molecular complexity index is 608. The van der Waals surface area contributed by atoms with Gasteiger partial charge in [0.15, 0.2) is 0 Å². The number of aromatic nitrogens is 3. The second-order valence-corrected chi connectivity index (χ2v) is 4.94. The molecular weight excluding hydrogens is 294 g/mol. The van der Waals surface area contributed by atoms with Crippen LogP contribution in [0.15, 0.2) is 33.8 Å². The zero-order chi connectivity index (χ0) is 13.1. The van der Waals surface area contributed by atoms with E-state index in [-0.39, 0.29) is 5.69 Å². The van der Waals surface area contributed by atoms with E-state index in [9.17, 15) is 4.79 Å². The molecule has 2 rings (SSSR count). The Morgan fingerprint density at radius 1 is 1.39 bits per heavy atom. The minimum absolute atomic E-state index is 0.197. The first-order valence-electron chi connectivity index (χ1n) is 5.72. The molecule has 2 heterocycles. The fourth-order valence-electron chi connectivity index (χ4n) is 1.83. The molecule has 0 aliphatic heterocycles. The molecule has 2 aromatic rings. The van der Waals surface area contributed by atoms with Crippen LogP contribution in [0.4, 0.5) is 0 Å². The summed E-state index contributed by atoms with van der Waals surface area (Å²) in [6, 6.07) is 3.90. The van der Waals surface area contributed by atoms with Gasteiger partial charge in [0, 0.05) is 24.6 Å². The van der Waals surface area contributed by atoms with Gasteiger partial charge in [0.25, 0.3) is 0 Å². The van der Waals surface area contributed by atoms with Crippen LogP contribution >= 0.6 is 15.9 Å². The fraction of sp³-hybridized carbons (Fsp3) is 0.308. The standard InChI is InChI=1S/C13H14BrN3O/c1-9-12(14)10(2)17(13(18)16-9)7-5-11-4-3-6-15-8-11/h3-4,6,8H,5,7H2,1-2H3. The molecule has 0 aromatic carbocycles. The van der Waals surface area contributed by atoms with E-state index in [2.05, 4.69) is 25.9 Å². The molecule has 0 aliphatic rings. The summed E-state index contributed by atoms with van der Waals surface area (Å²) in [4.78, 5) is 19.9. The van der Waals surface area contributed by atoms with Crippen LogP contribution in [0.2, 0.25) is 0 Å². The zero-order valence-electron chi connectivity index (χ0n) is 10.4. The van der Waals surface area contributed by atoms with Crippen LogP contribution in [-0.2, 0) is 13.0 Å². The summed E-state index contributed by atoms with van der Waals surface area (Å²) < 4.78 is 2.58. The maximum absolute atomic E-state index is 11.8. The van der Waals surface area contributed by atoms with Gasteiger partial charge in [0.1, 0.15) is 0 Å². The summed E-state index contributed by atoms with van der Waals surface area (Å²) in [5, 5.41) is 0. The van der Waals surface area contributed by atoms with Crippen molar-refractivity contribution in [2.24, 2.45) is 0 Å². The van der Waals surface area contributed by atoms with Crippen LogP contribution in [-0.4, -0.2) is 14.5 Å². The molecule has 4 nitrogen and oxygen atoms in total. The zero-order valence-corrected chi connectivity index (χ0v) is 11.9. The molecule has 18 heavy (non-hydrogen) atoms. The van der Waals surface area contributed by atoms with E-state index in [0.717, 1.165) is 27.8 Å². The molecule has 0 unspecified atom stereocenters.